The average Bonchev–Trinajstić information content (AvgIpc) is 2.10. The third-order valence-corrected chi connectivity index (χ3v) is 1.73. The summed E-state index contributed by atoms with van der Waals surface area (Å²) in [6.45, 7) is 0. The normalized spacial score (nSPS) is 9.56. The number of aromatic nitrogens is 1. The summed E-state index contributed by atoms with van der Waals surface area (Å²) in [6, 6.07) is 0. The lowest BCUT2D eigenvalue weighted by molar-refractivity contribution is 0.112. The molecule has 1 rings (SSSR count). The molecule has 3 heteroatoms. The minimum atomic E-state index is 0.692. The molecule has 0 aliphatic heterocycles. The van der Waals surface area contributed by atoms with Crippen LogP contribution in [0.4, 0.5) is 0 Å². The first-order chi connectivity index (χ1) is 4.24. The Morgan fingerprint density at radius 3 is 2.56 bits per heavy atom. The van der Waals surface area contributed by atoms with Crippen molar-refractivity contribution in [3.05, 3.63) is 22.4 Å². The molecule has 1 heterocycles. The number of rotatable bonds is 1. The minimum absolute atomic E-state index is 0.692. The number of carbonyl (C=O) groups is 1. The second-order valence-corrected chi connectivity index (χ2v) is 2.70. The maximum Gasteiger partial charge on any atom is 0.152 e. The maximum atomic E-state index is 10.2. The van der Waals surface area contributed by atoms with E-state index in [0.717, 1.165) is 10.8 Å². The summed E-state index contributed by atoms with van der Waals surface area (Å²) in [6.07, 6.45) is 4.42. The first-order valence-corrected chi connectivity index (χ1v) is 3.30. The van der Waals surface area contributed by atoms with E-state index >= 15 is 0 Å². The number of carbonyl (C=O) groups excluding carboxylic acids is 1. The number of halogens is 1. The van der Waals surface area contributed by atoms with E-state index < -0.39 is 0 Å². The van der Waals surface area contributed by atoms with Gasteiger partial charge >= 0.3 is 0 Å². The van der Waals surface area contributed by atoms with Gasteiger partial charge in [0.1, 0.15) is 0 Å². The molecule has 0 aliphatic carbocycles. The van der Waals surface area contributed by atoms with Crippen LogP contribution >= 0.6 is 15.9 Å². The SMILES string of the molecule is Cn1cc(Br)c(C=O)c1. The van der Waals surface area contributed by atoms with Crippen LogP contribution in [-0.2, 0) is 7.05 Å². The van der Waals surface area contributed by atoms with Gasteiger partial charge in [0, 0.05) is 29.5 Å². The summed E-state index contributed by atoms with van der Waals surface area (Å²) in [4.78, 5) is 10.2. The molecule has 0 saturated heterocycles. The van der Waals surface area contributed by atoms with Crippen molar-refractivity contribution < 1.29 is 4.79 Å². The Hall–Kier alpha value is -0.570. The molecule has 0 spiro atoms. The zero-order valence-electron chi connectivity index (χ0n) is 4.97. The average molecular weight is 188 g/mol. The van der Waals surface area contributed by atoms with Gasteiger partial charge in [0.05, 0.1) is 0 Å². The molecule has 0 radical (unpaired) electrons. The standard InChI is InChI=1S/C6H6BrNO/c1-8-2-5(4-9)6(7)3-8/h2-4H,1H3. The number of hydrogen-bond acceptors (Lipinski definition) is 1. The Morgan fingerprint density at radius 2 is 2.33 bits per heavy atom. The highest BCUT2D eigenvalue weighted by atomic mass is 79.9. The van der Waals surface area contributed by atoms with Crippen molar-refractivity contribution in [2.45, 2.75) is 0 Å². The van der Waals surface area contributed by atoms with E-state index in [1.54, 1.807) is 6.20 Å². The second-order valence-electron chi connectivity index (χ2n) is 1.84. The van der Waals surface area contributed by atoms with E-state index in [1.807, 2.05) is 17.8 Å². The van der Waals surface area contributed by atoms with Crippen LogP contribution in [0, 0.1) is 0 Å². The molecule has 0 N–H and O–H groups in total. The van der Waals surface area contributed by atoms with Crippen LogP contribution in [0.1, 0.15) is 10.4 Å². The molecule has 0 atom stereocenters. The quantitative estimate of drug-likeness (QED) is 0.613. The van der Waals surface area contributed by atoms with Crippen molar-refractivity contribution in [1.29, 1.82) is 0 Å². The molecule has 0 aliphatic rings. The van der Waals surface area contributed by atoms with E-state index in [9.17, 15) is 4.79 Å². The molecule has 9 heavy (non-hydrogen) atoms. The molecule has 0 bridgehead atoms. The zero-order chi connectivity index (χ0) is 6.85. The first kappa shape index (κ1) is 6.55. The molecule has 0 amide bonds. The van der Waals surface area contributed by atoms with Crippen molar-refractivity contribution in [3.63, 3.8) is 0 Å². The van der Waals surface area contributed by atoms with Gasteiger partial charge in [0.25, 0.3) is 0 Å². The molecule has 2 nitrogen and oxygen atoms in total. The molecule has 1 aromatic rings. The summed E-state index contributed by atoms with van der Waals surface area (Å²) in [7, 11) is 1.87. The predicted octanol–water partition coefficient (Wildman–Crippen LogP) is 1.60. The van der Waals surface area contributed by atoms with Gasteiger partial charge in [0.2, 0.25) is 0 Å². The summed E-state index contributed by atoms with van der Waals surface area (Å²) in [5.74, 6) is 0. The Balaban J connectivity index is 3.15. The van der Waals surface area contributed by atoms with Crippen molar-refractivity contribution in [2.75, 3.05) is 0 Å². The van der Waals surface area contributed by atoms with Crippen LogP contribution in [0.15, 0.2) is 16.9 Å². The van der Waals surface area contributed by atoms with Crippen molar-refractivity contribution >= 4 is 22.2 Å². The van der Waals surface area contributed by atoms with Crippen LogP contribution in [0.3, 0.4) is 0 Å². The van der Waals surface area contributed by atoms with E-state index in [4.69, 9.17) is 0 Å². The van der Waals surface area contributed by atoms with Gasteiger partial charge in [-0.3, -0.25) is 4.79 Å². The molecule has 0 saturated carbocycles. The van der Waals surface area contributed by atoms with Crippen LogP contribution in [0.2, 0.25) is 0 Å². The molecular formula is C6H6BrNO. The van der Waals surface area contributed by atoms with Crippen LogP contribution in [-0.4, -0.2) is 10.9 Å². The van der Waals surface area contributed by atoms with Gasteiger partial charge in [-0.1, -0.05) is 0 Å². The summed E-state index contributed by atoms with van der Waals surface area (Å²) in [5.41, 5.74) is 0.692. The molecule has 0 unspecified atom stereocenters. The van der Waals surface area contributed by atoms with Gasteiger partial charge < -0.3 is 4.57 Å². The van der Waals surface area contributed by atoms with Gasteiger partial charge in [0.15, 0.2) is 6.29 Å². The maximum absolute atomic E-state index is 10.2. The third-order valence-electron chi connectivity index (χ3n) is 1.06. The highest BCUT2D eigenvalue weighted by molar-refractivity contribution is 9.10. The van der Waals surface area contributed by atoms with Crippen molar-refractivity contribution in [1.82, 2.24) is 4.57 Å². The zero-order valence-corrected chi connectivity index (χ0v) is 6.55. The largest absolute Gasteiger partial charge is 0.355 e. The van der Waals surface area contributed by atoms with Gasteiger partial charge in [-0.15, -0.1) is 0 Å². The lowest BCUT2D eigenvalue weighted by Crippen LogP contribution is -1.78. The lowest BCUT2D eigenvalue weighted by atomic mass is 10.4. The monoisotopic (exact) mass is 187 g/mol. The second kappa shape index (κ2) is 2.35. The summed E-state index contributed by atoms with van der Waals surface area (Å²) < 4.78 is 2.67. The Morgan fingerprint density at radius 1 is 1.67 bits per heavy atom. The van der Waals surface area contributed by atoms with Gasteiger partial charge in [-0.25, -0.2) is 0 Å². The van der Waals surface area contributed by atoms with E-state index in [-0.39, 0.29) is 0 Å². The minimum Gasteiger partial charge on any atom is -0.355 e. The van der Waals surface area contributed by atoms with E-state index in [2.05, 4.69) is 15.9 Å². The van der Waals surface area contributed by atoms with Crippen LogP contribution < -0.4 is 0 Å². The van der Waals surface area contributed by atoms with Crippen molar-refractivity contribution in [2.24, 2.45) is 7.05 Å². The number of hydrogen-bond donors (Lipinski definition) is 0. The van der Waals surface area contributed by atoms with Crippen LogP contribution in [0.5, 0.6) is 0 Å². The fourth-order valence-corrected chi connectivity index (χ4v) is 1.18. The molecular weight excluding hydrogens is 182 g/mol. The van der Waals surface area contributed by atoms with E-state index in [0.29, 0.717) is 5.56 Å². The predicted molar refractivity (Wildman–Crippen MR) is 38.5 cm³/mol. The number of aryl methyl sites for hydroxylation is 1. The smallest absolute Gasteiger partial charge is 0.152 e. The lowest BCUT2D eigenvalue weighted by Gasteiger charge is -1.80. The number of aldehydes is 1. The molecule has 48 valence electrons. The molecule has 0 fully saturated rings. The molecule has 0 aromatic carbocycles. The van der Waals surface area contributed by atoms with Gasteiger partial charge in [-0.05, 0) is 15.9 Å². The summed E-state index contributed by atoms with van der Waals surface area (Å²) in [5, 5.41) is 0. The highest BCUT2D eigenvalue weighted by Gasteiger charge is 1.98. The van der Waals surface area contributed by atoms with E-state index in [1.165, 1.54) is 0 Å². The Bertz CT molecular complexity index is 229. The topological polar surface area (TPSA) is 22.0 Å². The fourth-order valence-electron chi connectivity index (χ4n) is 0.658. The Labute approximate surface area is 61.6 Å². The highest BCUT2D eigenvalue weighted by Crippen LogP contribution is 2.14. The first-order valence-electron chi connectivity index (χ1n) is 2.50. The van der Waals surface area contributed by atoms with Crippen molar-refractivity contribution in [3.8, 4) is 0 Å². The third kappa shape index (κ3) is 1.21. The number of nitrogens with zero attached hydrogens (tertiary/aromatic N) is 1. The molecule has 1 aromatic heterocycles. The Kier molecular flexibility index (Phi) is 1.71. The van der Waals surface area contributed by atoms with Gasteiger partial charge in [-0.2, -0.15) is 0 Å². The van der Waals surface area contributed by atoms with Crippen LogP contribution in [0.25, 0.3) is 0 Å². The summed E-state index contributed by atoms with van der Waals surface area (Å²) >= 11 is 3.23. The fraction of sp³-hybridized carbons (Fsp3) is 0.167.